The third-order valence-electron chi connectivity index (χ3n) is 2.91. The van der Waals surface area contributed by atoms with Gasteiger partial charge < -0.3 is 11.5 Å². The van der Waals surface area contributed by atoms with Gasteiger partial charge in [0.1, 0.15) is 0 Å². The summed E-state index contributed by atoms with van der Waals surface area (Å²) >= 11 is 0. The number of rotatable bonds is 2. The second-order valence-electron chi connectivity index (χ2n) is 4.29. The Morgan fingerprint density at radius 1 is 0.842 bits per heavy atom. The highest BCUT2D eigenvalue weighted by atomic mass is 19.4. The first-order valence-electron chi connectivity index (χ1n) is 5.67. The maximum atomic E-state index is 12.4. The zero-order valence-corrected chi connectivity index (χ0v) is 10.0. The Balaban J connectivity index is 2.25. The molecule has 4 N–H and O–H groups in total. The monoisotopic (exact) mass is 266 g/mol. The van der Waals surface area contributed by atoms with E-state index in [1.807, 2.05) is 0 Å². The fraction of sp³-hybridized carbons (Fsp3) is 0.143. The van der Waals surface area contributed by atoms with E-state index in [4.69, 9.17) is 11.5 Å². The van der Waals surface area contributed by atoms with Crippen LogP contribution in [0.1, 0.15) is 16.7 Å². The highest BCUT2D eigenvalue weighted by molar-refractivity contribution is 5.62. The summed E-state index contributed by atoms with van der Waals surface area (Å²) < 4.78 is 37.3. The van der Waals surface area contributed by atoms with Crippen LogP contribution in [-0.4, -0.2) is 0 Å². The van der Waals surface area contributed by atoms with Crippen LogP contribution in [0.4, 0.5) is 24.5 Å². The van der Waals surface area contributed by atoms with Gasteiger partial charge in [0, 0.05) is 23.4 Å². The lowest BCUT2D eigenvalue weighted by Crippen LogP contribution is -2.05. The van der Waals surface area contributed by atoms with Crippen LogP contribution in [-0.2, 0) is 12.6 Å². The van der Waals surface area contributed by atoms with Crippen LogP contribution >= 0.6 is 0 Å². The van der Waals surface area contributed by atoms with Crippen molar-refractivity contribution in [2.75, 3.05) is 11.5 Å². The molecule has 0 aromatic heterocycles. The van der Waals surface area contributed by atoms with Crippen molar-refractivity contribution in [3.05, 3.63) is 59.2 Å². The zero-order valence-electron chi connectivity index (χ0n) is 10.0. The van der Waals surface area contributed by atoms with Gasteiger partial charge in [-0.2, -0.15) is 13.2 Å². The fourth-order valence-electron chi connectivity index (χ4n) is 1.84. The standard InChI is InChI=1S/C14H13F3N2/c15-14(16,17)10-6-4-9(5-7-10)8-11-12(18)2-1-3-13(11)19/h1-7H,8,18-19H2. The molecule has 0 radical (unpaired) electrons. The number of nitrogen functional groups attached to an aromatic ring is 2. The van der Waals surface area contributed by atoms with E-state index in [1.54, 1.807) is 18.2 Å². The molecule has 0 heterocycles. The molecule has 0 saturated heterocycles. The molecule has 0 unspecified atom stereocenters. The number of nitrogens with two attached hydrogens (primary N) is 2. The molecule has 0 aliphatic rings. The average Bonchev–Trinajstić information content (AvgIpc) is 2.33. The number of anilines is 2. The Morgan fingerprint density at radius 3 is 1.84 bits per heavy atom. The molecule has 0 spiro atoms. The summed E-state index contributed by atoms with van der Waals surface area (Å²) in [5, 5.41) is 0. The summed E-state index contributed by atoms with van der Waals surface area (Å²) in [6.45, 7) is 0. The lowest BCUT2D eigenvalue weighted by Gasteiger charge is -2.10. The van der Waals surface area contributed by atoms with Crippen LogP contribution in [0.15, 0.2) is 42.5 Å². The molecule has 2 aromatic rings. The maximum absolute atomic E-state index is 12.4. The first-order valence-corrected chi connectivity index (χ1v) is 5.67. The van der Waals surface area contributed by atoms with Gasteiger partial charge in [-0.05, 0) is 29.8 Å². The minimum Gasteiger partial charge on any atom is -0.398 e. The third-order valence-corrected chi connectivity index (χ3v) is 2.91. The fourth-order valence-corrected chi connectivity index (χ4v) is 1.84. The first-order chi connectivity index (χ1) is 8.88. The lowest BCUT2D eigenvalue weighted by atomic mass is 10.0. The molecular weight excluding hydrogens is 253 g/mol. The largest absolute Gasteiger partial charge is 0.416 e. The first kappa shape index (κ1) is 13.3. The molecule has 0 bridgehead atoms. The van der Waals surface area contributed by atoms with E-state index in [-0.39, 0.29) is 0 Å². The Labute approximate surface area is 108 Å². The normalized spacial score (nSPS) is 11.5. The number of hydrogen-bond donors (Lipinski definition) is 2. The SMILES string of the molecule is Nc1cccc(N)c1Cc1ccc(C(F)(F)F)cc1. The van der Waals surface area contributed by atoms with Crippen LogP contribution < -0.4 is 11.5 Å². The van der Waals surface area contributed by atoms with Gasteiger partial charge in [-0.1, -0.05) is 18.2 Å². The summed E-state index contributed by atoms with van der Waals surface area (Å²) in [7, 11) is 0. The van der Waals surface area contributed by atoms with Crippen LogP contribution in [0.3, 0.4) is 0 Å². The molecule has 5 heteroatoms. The number of alkyl halides is 3. The van der Waals surface area contributed by atoms with Gasteiger partial charge in [0.05, 0.1) is 5.56 Å². The second kappa shape index (κ2) is 4.84. The van der Waals surface area contributed by atoms with E-state index < -0.39 is 11.7 Å². The van der Waals surface area contributed by atoms with Crippen LogP contribution in [0.25, 0.3) is 0 Å². The van der Waals surface area contributed by atoms with Gasteiger partial charge in [-0.3, -0.25) is 0 Å². The highest BCUT2D eigenvalue weighted by Gasteiger charge is 2.29. The molecule has 100 valence electrons. The summed E-state index contributed by atoms with van der Waals surface area (Å²) in [6, 6.07) is 10.2. The van der Waals surface area contributed by atoms with Crippen molar-refractivity contribution in [1.82, 2.24) is 0 Å². The van der Waals surface area contributed by atoms with Gasteiger partial charge in [-0.15, -0.1) is 0 Å². The average molecular weight is 266 g/mol. The van der Waals surface area contributed by atoms with Crippen molar-refractivity contribution in [3.63, 3.8) is 0 Å². The molecule has 0 saturated carbocycles. The van der Waals surface area contributed by atoms with E-state index in [0.29, 0.717) is 17.8 Å². The van der Waals surface area contributed by atoms with Crippen molar-refractivity contribution < 1.29 is 13.2 Å². The highest BCUT2D eigenvalue weighted by Crippen LogP contribution is 2.30. The Kier molecular flexibility index (Phi) is 3.38. The molecule has 2 aromatic carbocycles. The van der Waals surface area contributed by atoms with Crippen molar-refractivity contribution in [2.24, 2.45) is 0 Å². The third kappa shape index (κ3) is 2.99. The second-order valence-corrected chi connectivity index (χ2v) is 4.29. The van der Waals surface area contributed by atoms with Gasteiger partial charge in [0.2, 0.25) is 0 Å². The smallest absolute Gasteiger partial charge is 0.398 e. The van der Waals surface area contributed by atoms with Crippen molar-refractivity contribution in [1.29, 1.82) is 0 Å². The molecule has 0 atom stereocenters. The molecule has 0 aliphatic heterocycles. The summed E-state index contributed by atoms with van der Waals surface area (Å²) in [4.78, 5) is 0. The van der Waals surface area contributed by atoms with E-state index in [0.717, 1.165) is 23.3 Å². The van der Waals surface area contributed by atoms with Crippen LogP contribution in [0.5, 0.6) is 0 Å². The van der Waals surface area contributed by atoms with E-state index in [9.17, 15) is 13.2 Å². The summed E-state index contributed by atoms with van der Waals surface area (Å²) in [6.07, 6.45) is -3.90. The van der Waals surface area contributed by atoms with Crippen molar-refractivity contribution >= 4 is 11.4 Å². The Hall–Kier alpha value is -2.17. The van der Waals surface area contributed by atoms with Gasteiger partial charge in [0.25, 0.3) is 0 Å². The predicted octanol–water partition coefficient (Wildman–Crippen LogP) is 3.46. The Bertz CT molecular complexity index is 554. The van der Waals surface area contributed by atoms with Crippen LogP contribution in [0.2, 0.25) is 0 Å². The quantitative estimate of drug-likeness (QED) is 0.818. The number of hydrogen-bond acceptors (Lipinski definition) is 2. The topological polar surface area (TPSA) is 52.0 Å². The van der Waals surface area contributed by atoms with E-state index >= 15 is 0 Å². The Morgan fingerprint density at radius 2 is 1.37 bits per heavy atom. The zero-order chi connectivity index (χ0) is 14.0. The molecule has 19 heavy (non-hydrogen) atoms. The maximum Gasteiger partial charge on any atom is 0.416 e. The minimum atomic E-state index is -4.32. The molecule has 2 nitrogen and oxygen atoms in total. The van der Waals surface area contributed by atoms with E-state index in [2.05, 4.69) is 0 Å². The van der Waals surface area contributed by atoms with Gasteiger partial charge in [-0.25, -0.2) is 0 Å². The lowest BCUT2D eigenvalue weighted by molar-refractivity contribution is -0.137. The van der Waals surface area contributed by atoms with Crippen LogP contribution in [0, 0.1) is 0 Å². The summed E-state index contributed by atoms with van der Waals surface area (Å²) in [5.74, 6) is 0. The molecule has 0 amide bonds. The van der Waals surface area contributed by atoms with Crippen molar-refractivity contribution in [2.45, 2.75) is 12.6 Å². The van der Waals surface area contributed by atoms with Crippen molar-refractivity contribution in [3.8, 4) is 0 Å². The summed E-state index contributed by atoms with van der Waals surface area (Å²) in [5.41, 5.74) is 13.5. The van der Waals surface area contributed by atoms with Gasteiger partial charge >= 0.3 is 6.18 Å². The van der Waals surface area contributed by atoms with Gasteiger partial charge in [0.15, 0.2) is 0 Å². The predicted molar refractivity (Wildman–Crippen MR) is 69.5 cm³/mol. The minimum absolute atomic E-state index is 0.413. The molecular formula is C14H13F3N2. The van der Waals surface area contributed by atoms with E-state index in [1.165, 1.54) is 12.1 Å². The molecule has 2 rings (SSSR count). The number of benzene rings is 2. The number of halogens is 3. The molecule has 0 fully saturated rings. The molecule has 0 aliphatic carbocycles.